The van der Waals surface area contributed by atoms with Crippen molar-refractivity contribution in [3.8, 4) is 0 Å². The van der Waals surface area contributed by atoms with Crippen molar-refractivity contribution in [2.45, 2.75) is 38.5 Å². The van der Waals surface area contributed by atoms with Gasteiger partial charge in [-0.1, -0.05) is 12.1 Å². The first-order valence-electron chi connectivity index (χ1n) is 9.33. The molecule has 1 aliphatic rings. The van der Waals surface area contributed by atoms with Crippen LogP contribution >= 0.6 is 0 Å². The zero-order valence-electron chi connectivity index (χ0n) is 16.1. The van der Waals surface area contributed by atoms with E-state index in [9.17, 15) is 9.59 Å². The number of hydrogen-bond donors (Lipinski definition) is 2. The molecule has 7 nitrogen and oxygen atoms in total. The van der Waals surface area contributed by atoms with E-state index in [2.05, 4.69) is 10.4 Å². The highest BCUT2D eigenvalue weighted by Gasteiger charge is 2.28. The van der Waals surface area contributed by atoms with Crippen LogP contribution in [-0.4, -0.2) is 31.7 Å². The fourth-order valence-electron chi connectivity index (χ4n) is 3.43. The molecule has 144 valence electrons. The van der Waals surface area contributed by atoms with E-state index < -0.39 is 11.9 Å². The van der Waals surface area contributed by atoms with Crippen molar-refractivity contribution in [2.24, 2.45) is 7.05 Å². The first-order chi connectivity index (χ1) is 13.3. The second kappa shape index (κ2) is 6.74. The fourth-order valence-corrected chi connectivity index (χ4v) is 3.43. The monoisotopic (exact) mass is 378 g/mol. The van der Waals surface area contributed by atoms with Gasteiger partial charge >= 0.3 is 5.97 Å². The molecule has 0 spiro atoms. The number of anilines is 1. The van der Waals surface area contributed by atoms with E-state index in [4.69, 9.17) is 10.1 Å². The van der Waals surface area contributed by atoms with Crippen molar-refractivity contribution < 1.29 is 14.7 Å². The summed E-state index contributed by atoms with van der Waals surface area (Å²) >= 11 is 0. The standard InChI is InChI=1S/C21H22N4O3/c1-11(21(27)28)13-6-8-15(9-7-13)22-20(26)16-10-17(14-4-5-14)23-19-18(16)12(2)24-25(19)3/h6-11,14H,4-5H2,1-3H3,(H,22,26)(H,27,28). The van der Waals surface area contributed by atoms with Gasteiger partial charge in [0, 0.05) is 24.3 Å². The van der Waals surface area contributed by atoms with Crippen LogP contribution in [0.4, 0.5) is 5.69 Å². The molecule has 2 heterocycles. The third kappa shape index (κ3) is 3.24. The largest absolute Gasteiger partial charge is 0.481 e. The lowest BCUT2D eigenvalue weighted by Crippen LogP contribution is -2.14. The van der Waals surface area contributed by atoms with Gasteiger partial charge in [-0.2, -0.15) is 5.10 Å². The molecule has 1 aliphatic carbocycles. The molecule has 3 aromatic rings. The number of nitrogens with zero attached hydrogens (tertiary/aromatic N) is 3. The zero-order chi connectivity index (χ0) is 20.0. The summed E-state index contributed by atoms with van der Waals surface area (Å²) in [5.41, 5.74) is 4.30. The predicted molar refractivity (Wildman–Crippen MR) is 106 cm³/mol. The molecule has 0 aliphatic heterocycles. The molecule has 1 fully saturated rings. The Hall–Kier alpha value is -3.22. The van der Waals surface area contributed by atoms with Crippen LogP contribution < -0.4 is 5.32 Å². The highest BCUT2D eigenvalue weighted by atomic mass is 16.4. The molecule has 4 rings (SSSR count). The Morgan fingerprint density at radius 2 is 1.93 bits per heavy atom. The van der Waals surface area contributed by atoms with Gasteiger partial charge in [0.1, 0.15) is 0 Å². The minimum absolute atomic E-state index is 0.218. The van der Waals surface area contributed by atoms with Crippen LogP contribution in [-0.2, 0) is 11.8 Å². The second-order valence-electron chi connectivity index (χ2n) is 7.41. The van der Waals surface area contributed by atoms with Crippen LogP contribution in [0.3, 0.4) is 0 Å². The highest BCUT2D eigenvalue weighted by Crippen LogP contribution is 2.40. The molecule has 28 heavy (non-hydrogen) atoms. The van der Waals surface area contributed by atoms with E-state index in [1.165, 1.54) is 0 Å². The maximum atomic E-state index is 13.0. The molecule has 2 N–H and O–H groups in total. The van der Waals surface area contributed by atoms with Crippen molar-refractivity contribution in [3.63, 3.8) is 0 Å². The Morgan fingerprint density at radius 3 is 2.54 bits per heavy atom. The quantitative estimate of drug-likeness (QED) is 0.707. The SMILES string of the molecule is Cc1nn(C)c2nc(C3CC3)cc(C(=O)Nc3ccc(C(C)C(=O)O)cc3)c12. The average molecular weight is 378 g/mol. The van der Waals surface area contributed by atoms with Crippen molar-refractivity contribution in [2.75, 3.05) is 5.32 Å². The Balaban J connectivity index is 1.66. The van der Waals surface area contributed by atoms with Gasteiger partial charge in [0.2, 0.25) is 0 Å². The highest BCUT2D eigenvalue weighted by molar-refractivity contribution is 6.12. The number of carboxylic acid groups (broad SMARTS) is 1. The van der Waals surface area contributed by atoms with Gasteiger partial charge in [0.25, 0.3) is 5.91 Å². The first kappa shape index (κ1) is 18.2. The maximum absolute atomic E-state index is 13.0. The summed E-state index contributed by atoms with van der Waals surface area (Å²) in [5, 5.41) is 17.2. The number of carbonyl (C=O) groups is 2. The number of carboxylic acids is 1. The number of pyridine rings is 1. The van der Waals surface area contributed by atoms with Crippen molar-refractivity contribution in [3.05, 3.63) is 52.8 Å². The van der Waals surface area contributed by atoms with E-state index in [1.807, 2.05) is 20.0 Å². The summed E-state index contributed by atoms with van der Waals surface area (Å²) < 4.78 is 1.72. The van der Waals surface area contributed by atoms with E-state index >= 15 is 0 Å². The lowest BCUT2D eigenvalue weighted by molar-refractivity contribution is -0.138. The number of aliphatic carboxylic acids is 1. The van der Waals surface area contributed by atoms with E-state index in [0.29, 0.717) is 22.7 Å². The first-order valence-corrected chi connectivity index (χ1v) is 9.33. The molecule has 0 bridgehead atoms. The number of benzene rings is 1. The number of amides is 1. The maximum Gasteiger partial charge on any atom is 0.310 e. The topological polar surface area (TPSA) is 97.1 Å². The number of hydrogen-bond acceptors (Lipinski definition) is 4. The summed E-state index contributed by atoms with van der Waals surface area (Å²) in [4.78, 5) is 28.9. The van der Waals surface area contributed by atoms with Crippen LogP contribution in [0.2, 0.25) is 0 Å². The number of aryl methyl sites for hydroxylation is 2. The molecule has 1 unspecified atom stereocenters. The Labute approximate surface area is 162 Å². The molecule has 1 aromatic carbocycles. The Bertz CT molecular complexity index is 1080. The normalized spacial score (nSPS) is 14.8. The lowest BCUT2D eigenvalue weighted by atomic mass is 10.0. The number of aromatic nitrogens is 3. The summed E-state index contributed by atoms with van der Waals surface area (Å²) in [6.45, 7) is 3.51. The summed E-state index contributed by atoms with van der Waals surface area (Å²) in [6.07, 6.45) is 2.19. The van der Waals surface area contributed by atoms with Crippen LogP contribution in [0, 0.1) is 6.92 Å². The molecule has 7 heteroatoms. The number of carbonyl (C=O) groups excluding carboxylic acids is 1. The minimum Gasteiger partial charge on any atom is -0.481 e. The lowest BCUT2D eigenvalue weighted by Gasteiger charge is -2.11. The third-order valence-electron chi connectivity index (χ3n) is 5.27. The van der Waals surface area contributed by atoms with E-state index in [0.717, 1.165) is 35.3 Å². The van der Waals surface area contributed by atoms with Gasteiger partial charge in [-0.25, -0.2) is 4.98 Å². The second-order valence-corrected chi connectivity index (χ2v) is 7.41. The van der Waals surface area contributed by atoms with Crippen molar-refractivity contribution >= 4 is 28.6 Å². The predicted octanol–water partition coefficient (Wildman–Crippen LogP) is 3.59. The number of fused-ring (bicyclic) bond motifs is 1. The number of nitrogens with one attached hydrogen (secondary N) is 1. The molecular formula is C21H22N4O3. The van der Waals surface area contributed by atoms with Crippen molar-refractivity contribution in [1.29, 1.82) is 0 Å². The van der Waals surface area contributed by atoms with Crippen LogP contribution in [0.15, 0.2) is 30.3 Å². The number of rotatable bonds is 5. The minimum atomic E-state index is -0.879. The van der Waals surface area contributed by atoms with Gasteiger partial charge in [0.05, 0.1) is 22.6 Å². The average Bonchev–Trinajstić information content (AvgIpc) is 3.48. The van der Waals surface area contributed by atoms with E-state index in [1.54, 1.807) is 35.9 Å². The molecule has 2 aromatic heterocycles. The van der Waals surface area contributed by atoms with E-state index in [-0.39, 0.29) is 5.91 Å². The summed E-state index contributed by atoms with van der Waals surface area (Å²) in [5.74, 6) is -1.27. The molecular weight excluding hydrogens is 356 g/mol. The molecule has 1 atom stereocenters. The van der Waals surface area contributed by atoms with Gasteiger partial charge in [-0.3, -0.25) is 14.3 Å². The van der Waals surface area contributed by atoms with Gasteiger partial charge < -0.3 is 10.4 Å². The molecule has 0 saturated heterocycles. The van der Waals surface area contributed by atoms with Gasteiger partial charge in [-0.05, 0) is 50.5 Å². The molecule has 1 amide bonds. The van der Waals surface area contributed by atoms with Gasteiger partial charge in [0.15, 0.2) is 5.65 Å². The van der Waals surface area contributed by atoms with Gasteiger partial charge in [-0.15, -0.1) is 0 Å². The van der Waals surface area contributed by atoms with Crippen molar-refractivity contribution in [1.82, 2.24) is 14.8 Å². The summed E-state index contributed by atoms with van der Waals surface area (Å²) in [6, 6.07) is 8.78. The Morgan fingerprint density at radius 1 is 1.25 bits per heavy atom. The molecule has 0 radical (unpaired) electrons. The van der Waals surface area contributed by atoms with Crippen LogP contribution in [0.25, 0.3) is 11.0 Å². The smallest absolute Gasteiger partial charge is 0.310 e. The molecule has 1 saturated carbocycles. The fraction of sp³-hybridized carbons (Fsp3) is 0.333. The van der Waals surface area contributed by atoms with Crippen LogP contribution in [0.1, 0.15) is 58.9 Å². The third-order valence-corrected chi connectivity index (χ3v) is 5.27. The van der Waals surface area contributed by atoms with Crippen LogP contribution in [0.5, 0.6) is 0 Å². The summed E-state index contributed by atoms with van der Waals surface area (Å²) in [7, 11) is 1.84. The Kier molecular flexibility index (Phi) is 4.37. The zero-order valence-corrected chi connectivity index (χ0v) is 16.1.